The molecule has 1 N–H and O–H groups in total. The van der Waals surface area contributed by atoms with E-state index in [2.05, 4.69) is 5.32 Å². The molecule has 28 heavy (non-hydrogen) atoms. The molecule has 0 aromatic heterocycles. The zero-order valence-electron chi connectivity index (χ0n) is 15.7. The van der Waals surface area contributed by atoms with Gasteiger partial charge in [0.25, 0.3) is 5.91 Å². The van der Waals surface area contributed by atoms with E-state index in [0.717, 1.165) is 4.90 Å². The number of hydrogen-bond donors (Lipinski definition) is 1. The number of benzene rings is 2. The van der Waals surface area contributed by atoms with Gasteiger partial charge in [-0.25, -0.2) is 9.69 Å². The molecule has 1 saturated heterocycles. The van der Waals surface area contributed by atoms with Crippen LogP contribution in [0.2, 0.25) is 0 Å². The fourth-order valence-corrected chi connectivity index (χ4v) is 3.03. The number of anilines is 2. The molecule has 1 heterocycles. The van der Waals surface area contributed by atoms with Gasteiger partial charge in [-0.1, -0.05) is 6.07 Å². The maximum atomic E-state index is 12.8. The highest BCUT2D eigenvalue weighted by atomic mass is 16.5. The molecule has 2 amide bonds. The van der Waals surface area contributed by atoms with Crippen molar-refractivity contribution >= 4 is 29.2 Å². The molecule has 0 radical (unpaired) electrons. The van der Waals surface area contributed by atoms with Crippen molar-refractivity contribution in [2.45, 2.75) is 12.5 Å². The zero-order valence-corrected chi connectivity index (χ0v) is 15.7. The summed E-state index contributed by atoms with van der Waals surface area (Å²) in [6.45, 7) is 0. The summed E-state index contributed by atoms with van der Waals surface area (Å²) in [6, 6.07) is 10.7. The summed E-state index contributed by atoms with van der Waals surface area (Å²) in [5.74, 6) is -0.286. The topological polar surface area (TPSA) is 94.2 Å². The van der Waals surface area contributed by atoms with Crippen molar-refractivity contribution in [2.75, 3.05) is 31.5 Å². The van der Waals surface area contributed by atoms with Crippen LogP contribution in [0.3, 0.4) is 0 Å². The van der Waals surface area contributed by atoms with E-state index in [1.54, 1.807) is 42.5 Å². The van der Waals surface area contributed by atoms with Crippen molar-refractivity contribution in [3.05, 3.63) is 48.0 Å². The summed E-state index contributed by atoms with van der Waals surface area (Å²) in [4.78, 5) is 38.1. The van der Waals surface area contributed by atoms with Crippen LogP contribution >= 0.6 is 0 Å². The van der Waals surface area contributed by atoms with Gasteiger partial charge >= 0.3 is 5.97 Å². The maximum absolute atomic E-state index is 12.8. The normalized spacial score (nSPS) is 16.1. The van der Waals surface area contributed by atoms with Crippen molar-refractivity contribution in [2.24, 2.45) is 0 Å². The molecule has 1 aliphatic rings. The molecule has 1 atom stereocenters. The van der Waals surface area contributed by atoms with Crippen molar-refractivity contribution in [1.29, 1.82) is 0 Å². The van der Waals surface area contributed by atoms with E-state index < -0.39 is 12.0 Å². The lowest BCUT2D eigenvalue weighted by Gasteiger charge is -2.18. The van der Waals surface area contributed by atoms with Gasteiger partial charge in [-0.05, 0) is 30.3 Å². The van der Waals surface area contributed by atoms with E-state index in [4.69, 9.17) is 14.2 Å². The standard InChI is InChI=1S/C20H20N2O6/c1-26-16-8-7-14(10-17(16)27-2)22-18(23)11-15(19(22)24)21-13-6-4-5-12(9-13)20(25)28-3/h4-10,15,21H,11H2,1-3H3/t15-/m0/s1. The second-order valence-corrected chi connectivity index (χ2v) is 6.08. The van der Waals surface area contributed by atoms with Gasteiger partial charge in [-0.15, -0.1) is 0 Å². The average molecular weight is 384 g/mol. The fraction of sp³-hybridized carbons (Fsp3) is 0.250. The molecule has 1 fully saturated rings. The first kappa shape index (κ1) is 19.2. The van der Waals surface area contributed by atoms with Crippen LogP contribution in [0.25, 0.3) is 0 Å². The minimum absolute atomic E-state index is 0.00434. The lowest BCUT2D eigenvalue weighted by molar-refractivity contribution is -0.121. The highest BCUT2D eigenvalue weighted by Gasteiger charge is 2.40. The van der Waals surface area contributed by atoms with E-state index in [-0.39, 0.29) is 18.2 Å². The van der Waals surface area contributed by atoms with Gasteiger partial charge in [-0.2, -0.15) is 0 Å². The Labute approximate surface area is 162 Å². The predicted molar refractivity (Wildman–Crippen MR) is 102 cm³/mol. The van der Waals surface area contributed by atoms with Crippen LogP contribution in [0.1, 0.15) is 16.8 Å². The van der Waals surface area contributed by atoms with Crippen LogP contribution < -0.4 is 19.7 Å². The SMILES string of the molecule is COC(=O)c1cccc(N[C@H]2CC(=O)N(c3ccc(OC)c(OC)c3)C2=O)c1. The second kappa shape index (κ2) is 7.99. The van der Waals surface area contributed by atoms with Crippen LogP contribution in [-0.4, -0.2) is 45.2 Å². The monoisotopic (exact) mass is 384 g/mol. The van der Waals surface area contributed by atoms with Gasteiger partial charge in [0.1, 0.15) is 6.04 Å². The van der Waals surface area contributed by atoms with Crippen LogP contribution in [0.15, 0.2) is 42.5 Å². The van der Waals surface area contributed by atoms with Crippen molar-refractivity contribution < 1.29 is 28.6 Å². The van der Waals surface area contributed by atoms with Gasteiger partial charge in [0.15, 0.2) is 11.5 Å². The first-order chi connectivity index (χ1) is 13.5. The average Bonchev–Trinajstić information content (AvgIpc) is 2.99. The summed E-state index contributed by atoms with van der Waals surface area (Å²) < 4.78 is 15.1. The van der Waals surface area contributed by atoms with Gasteiger partial charge in [0.05, 0.1) is 39.0 Å². The van der Waals surface area contributed by atoms with Crippen LogP contribution in [-0.2, 0) is 14.3 Å². The maximum Gasteiger partial charge on any atom is 0.337 e. The zero-order chi connectivity index (χ0) is 20.3. The Morgan fingerprint density at radius 2 is 1.79 bits per heavy atom. The summed E-state index contributed by atoms with van der Waals surface area (Å²) >= 11 is 0. The fourth-order valence-electron chi connectivity index (χ4n) is 3.03. The Morgan fingerprint density at radius 1 is 1.04 bits per heavy atom. The second-order valence-electron chi connectivity index (χ2n) is 6.08. The number of carbonyl (C=O) groups excluding carboxylic acids is 3. The molecular weight excluding hydrogens is 364 g/mol. The lowest BCUT2D eigenvalue weighted by Crippen LogP contribution is -2.34. The molecule has 146 valence electrons. The summed E-state index contributed by atoms with van der Waals surface area (Å²) in [5, 5.41) is 3.02. The third-order valence-electron chi connectivity index (χ3n) is 4.40. The molecule has 2 aromatic rings. The van der Waals surface area contributed by atoms with Gasteiger partial charge in [0, 0.05) is 11.8 Å². The largest absolute Gasteiger partial charge is 0.493 e. The highest BCUT2D eigenvalue weighted by Crippen LogP contribution is 2.34. The Hall–Kier alpha value is -3.55. The minimum atomic E-state index is -0.742. The first-order valence-corrected chi connectivity index (χ1v) is 8.52. The molecule has 8 heteroatoms. The van der Waals surface area contributed by atoms with Crippen LogP contribution in [0.4, 0.5) is 11.4 Å². The molecule has 0 saturated carbocycles. The molecule has 0 spiro atoms. The number of esters is 1. The third kappa shape index (κ3) is 3.62. The van der Waals surface area contributed by atoms with Crippen LogP contribution in [0, 0.1) is 0 Å². The van der Waals surface area contributed by atoms with E-state index in [0.29, 0.717) is 28.4 Å². The molecule has 0 aliphatic carbocycles. The highest BCUT2D eigenvalue weighted by molar-refractivity contribution is 6.23. The molecule has 3 rings (SSSR count). The van der Waals surface area contributed by atoms with E-state index >= 15 is 0 Å². The molecule has 0 bridgehead atoms. The molecule has 1 aliphatic heterocycles. The van der Waals surface area contributed by atoms with Crippen molar-refractivity contribution in [1.82, 2.24) is 0 Å². The number of rotatable bonds is 6. The number of ether oxygens (including phenoxy) is 3. The third-order valence-corrected chi connectivity index (χ3v) is 4.40. The number of carbonyl (C=O) groups is 3. The van der Waals surface area contributed by atoms with Crippen LogP contribution in [0.5, 0.6) is 11.5 Å². The van der Waals surface area contributed by atoms with Gasteiger partial charge in [-0.3, -0.25) is 9.59 Å². The smallest absolute Gasteiger partial charge is 0.337 e. The molecule has 8 nitrogen and oxygen atoms in total. The lowest BCUT2D eigenvalue weighted by atomic mass is 10.1. The molecule has 0 unspecified atom stereocenters. The number of methoxy groups -OCH3 is 3. The van der Waals surface area contributed by atoms with Crippen molar-refractivity contribution in [3.63, 3.8) is 0 Å². The summed E-state index contributed by atoms with van der Waals surface area (Å²) in [6.07, 6.45) is -0.00434. The van der Waals surface area contributed by atoms with E-state index in [1.165, 1.54) is 21.3 Å². The molecule has 2 aromatic carbocycles. The first-order valence-electron chi connectivity index (χ1n) is 8.52. The summed E-state index contributed by atoms with van der Waals surface area (Å²) in [7, 11) is 4.28. The number of nitrogens with one attached hydrogen (secondary N) is 1. The predicted octanol–water partition coefficient (Wildman–Crippen LogP) is 2.23. The van der Waals surface area contributed by atoms with Crippen molar-refractivity contribution in [3.8, 4) is 11.5 Å². The van der Waals surface area contributed by atoms with E-state index in [9.17, 15) is 14.4 Å². The Morgan fingerprint density at radius 3 is 2.46 bits per heavy atom. The summed E-state index contributed by atoms with van der Waals surface area (Å²) in [5.41, 5.74) is 1.30. The number of nitrogens with zero attached hydrogens (tertiary/aromatic N) is 1. The molecular formula is C20H20N2O6. The number of imide groups is 1. The Bertz CT molecular complexity index is 927. The van der Waals surface area contributed by atoms with E-state index in [1.807, 2.05) is 0 Å². The number of hydrogen-bond acceptors (Lipinski definition) is 7. The Balaban J connectivity index is 1.82. The minimum Gasteiger partial charge on any atom is -0.493 e. The van der Waals surface area contributed by atoms with Gasteiger partial charge < -0.3 is 19.5 Å². The van der Waals surface area contributed by atoms with Gasteiger partial charge in [0.2, 0.25) is 5.91 Å². The Kier molecular flexibility index (Phi) is 5.49. The quantitative estimate of drug-likeness (QED) is 0.603. The number of amides is 2.